The molecule has 0 aliphatic carbocycles. The summed E-state index contributed by atoms with van der Waals surface area (Å²) >= 11 is 0. The number of aromatic nitrogens is 2. The van der Waals surface area contributed by atoms with Crippen LogP contribution >= 0.6 is 0 Å². The summed E-state index contributed by atoms with van der Waals surface area (Å²) in [5.74, 6) is 0. The van der Waals surface area contributed by atoms with E-state index in [1.165, 1.54) is 4.52 Å². The first-order valence-electron chi connectivity index (χ1n) is 5.15. The minimum atomic E-state index is -3.54. The van der Waals surface area contributed by atoms with Gasteiger partial charge in [-0.2, -0.15) is 5.10 Å². The first kappa shape index (κ1) is 11.8. The first-order valence-corrected chi connectivity index (χ1v) is 6.69. The highest BCUT2D eigenvalue weighted by Gasteiger charge is 2.27. The third-order valence-corrected chi connectivity index (χ3v) is 4.63. The van der Waals surface area contributed by atoms with E-state index >= 15 is 0 Å². The zero-order valence-electron chi connectivity index (χ0n) is 9.49. The summed E-state index contributed by atoms with van der Waals surface area (Å²) in [4.78, 5) is 11.1. The fourth-order valence-electron chi connectivity index (χ4n) is 1.54. The highest BCUT2D eigenvalue weighted by Crippen LogP contribution is 2.21. The van der Waals surface area contributed by atoms with E-state index in [0.29, 0.717) is 11.8 Å². The number of fused-ring (bicyclic) bond motifs is 1. The Morgan fingerprint density at radius 2 is 2.06 bits per heavy atom. The van der Waals surface area contributed by atoms with Gasteiger partial charge in [-0.05, 0) is 26.0 Å². The van der Waals surface area contributed by atoms with E-state index in [1.807, 2.05) is 0 Å². The van der Waals surface area contributed by atoms with Gasteiger partial charge in [0.2, 0.25) is 9.84 Å². The molecule has 0 radical (unpaired) electrons. The molecule has 0 bridgehead atoms. The number of hydrogen-bond acceptors (Lipinski definition) is 4. The number of hydrogen-bond donors (Lipinski definition) is 0. The predicted octanol–water partition coefficient (Wildman–Crippen LogP) is 1.33. The third kappa shape index (κ3) is 1.74. The van der Waals surface area contributed by atoms with Crippen LogP contribution in [-0.4, -0.2) is 29.6 Å². The van der Waals surface area contributed by atoms with Gasteiger partial charge in [-0.15, -0.1) is 0 Å². The molecule has 0 saturated heterocycles. The maximum Gasteiger partial charge on any atom is 0.200 e. The Morgan fingerprint density at radius 1 is 1.35 bits per heavy atom. The normalized spacial score (nSPS) is 12.2. The van der Waals surface area contributed by atoms with Gasteiger partial charge in [0.25, 0.3) is 0 Å². The smallest absolute Gasteiger partial charge is 0.200 e. The fourth-order valence-corrected chi connectivity index (χ4v) is 2.65. The number of carbonyl (C=O) groups is 1. The van der Waals surface area contributed by atoms with E-state index in [0.717, 1.165) is 0 Å². The number of nitrogens with zero attached hydrogens (tertiary/aromatic N) is 2. The van der Waals surface area contributed by atoms with Gasteiger partial charge in [0.15, 0.2) is 11.3 Å². The van der Waals surface area contributed by atoms with Gasteiger partial charge in [0, 0.05) is 6.20 Å². The average molecular weight is 252 g/mol. The molecule has 0 atom stereocenters. The van der Waals surface area contributed by atoms with Crippen molar-refractivity contribution in [1.82, 2.24) is 9.61 Å². The Morgan fingerprint density at radius 3 is 2.65 bits per heavy atom. The topological polar surface area (TPSA) is 68.5 Å². The average Bonchev–Trinajstić information content (AvgIpc) is 2.67. The SMILES string of the molecule is CC(C)S(=O)(=O)c1nn2ccccc2c1C=O. The molecule has 0 N–H and O–H groups in total. The molecular formula is C11H12N2O3S. The molecular weight excluding hydrogens is 240 g/mol. The second-order valence-electron chi connectivity index (χ2n) is 3.96. The van der Waals surface area contributed by atoms with E-state index in [9.17, 15) is 13.2 Å². The summed E-state index contributed by atoms with van der Waals surface area (Å²) in [6.07, 6.45) is 2.15. The van der Waals surface area contributed by atoms with Gasteiger partial charge in [0.1, 0.15) is 0 Å². The summed E-state index contributed by atoms with van der Waals surface area (Å²) in [5, 5.41) is 3.22. The van der Waals surface area contributed by atoms with Crippen molar-refractivity contribution in [3.63, 3.8) is 0 Å². The van der Waals surface area contributed by atoms with Crippen LogP contribution < -0.4 is 0 Å². The van der Waals surface area contributed by atoms with E-state index < -0.39 is 15.1 Å². The van der Waals surface area contributed by atoms with Crippen molar-refractivity contribution in [1.29, 1.82) is 0 Å². The molecule has 0 aliphatic heterocycles. The molecule has 0 spiro atoms. The highest BCUT2D eigenvalue weighted by atomic mass is 32.2. The van der Waals surface area contributed by atoms with Gasteiger partial charge in [0.05, 0.1) is 16.3 Å². The van der Waals surface area contributed by atoms with Crippen LogP contribution in [0.2, 0.25) is 0 Å². The zero-order chi connectivity index (χ0) is 12.6. The molecule has 0 aliphatic rings. The van der Waals surface area contributed by atoms with Crippen molar-refractivity contribution in [2.45, 2.75) is 24.1 Å². The Balaban J connectivity index is 2.83. The van der Waals surface area contributed by atoms with Crippen molar-refractivity contribution in [2.75, 3.05) is 0 Å². The maximum atomic E-state index is 12.0. The lowest BCUT2D eigenvalue weighted by Crippen LogP contribution is -2.16. The van der Waals surface area contributed by atoms with Crippen LogP contribution in [-0.2, 0) is 9.84 Å². The summed E-state index contributed by atoms with van der Waals surface area (Å²) in [6.45, 7) is 3.13. The molecule has 0 fully saturated rings. The van der Waals surface area contributed by atoms with Crippen LogP contribution in [0.1, 0.15) is 24.2 Å². The second-order valence-corrected chi connectivity index (χ2v) is 6.38. The second kappa shape index (κ2) is 3.96. The molecule has 0 aromatic carbocycles. The van der Waals surface area contributed by atoms with Gasteiger partial charge in [-0.1, -0.05) is 6.07 Å². The molecule has 2 aromatic heterocycles. The molecule has 2 aromatic rings. The van der Waals surface area contributed by atoms with Crippen LogP contribution in [0.4, 0.5) is 0 Å². The largest absolute Gasteiger partial charge is 0.298 e. The first-order chi connectivity index (χ1) is 7.98. The van der Waals surface area contributed by atoms with Crippen molar-refractivity contribution in [3.8, 4) is 0 Å². The van der Waals surface area contributed by atoms with E-state index in [2.05, 4.69) is 5.10 Å². The number of sulfone groups is 1. The van der Waals surface area contributed by atoms with Crippen molar-refractivity contribution in [3.05, 3.63) is 30.0 Å². The van der Waals surface area contributed by atoms with E-state index in [1.54, 1.807) is 38.2 Å². The molecule has 0 amide bonds. The van der Waals surface area contributed by atoms with Crippen LogP contribution in [0.25, 0.3) is 5.52 Å². The predicted molar refractivity (Wildman–Crippen MR) is 62.9 cm³/mol. The minimum absolute atomic E-state index is 0.124. The lowest BCUT2D eigenvalue weighted by atomic mass is 10.3. The number of rotatable bonds is 3. The molecule has 6 heteroatoms. The summed E-state index contributed by atoms with van der Waals surface area (Å²) in [6, 6.07) is 5.12. The summed E-state index contributed by atoms with van der Waals surface area (Å²) < 4.78 is 25.5. The Bertz CT molecular complexity index is 671. The minimum Gasteiger partial charge on any atom is -0.298 e. The molecule has 5 nitrogen and oxygen atoms in total. The van der Waals surface area contributed by atoms with Crippen LogP contribution in [0.15, 0.2) is 29.4 Å². The van der Waals surface area contributed by atoms with Crippen LogP contribution in [0.3, 0.4) is 0 Å². The maximum absolute atomic E-state index is 12.0. The fraction of sp³-hybridized carbons (Fsp3) is 0.273. The monoisotopic (exact) mass is 252 g/mol. The highest BCUT2D eigenvalue weighted by molar-refractivity contribution is 7.92. The number of carbonyl (C=O) groups excluding carboxylic acids is 1. The van der Waals surface area contributed by atoms with E-state index in [-0.39, 0.29) is 10.6 Å². The van der Waals surface area contributed by atoms with Gasteiger partial charge in [-0.25, -0.2) is 12.9 Å². The summed E-state index contributed by atoms with van der Waals surface area (Å²) in [5.41, 5.74) is 0.626. The Labute approximate surface area is 99.0 Å². The van der Waals surface area contributed by atoms with Crippen molar-refractivity contribution >= 4 is 21.6 Å². The van der Waals surface area contributed by atoms with E-state index in [4.69, 9.17) is 0 Å². The lowest BCUT2D eigenvalue weighted by Gasteiger charge is -2.03. The number of aldehydes is 1. The lowest BCUT2D eigenvalue weighted by molar-refractivity contribution is 0.112. The van der Waals surface area contributed by atoms with Crippen LogP contribution in [0.5, 0.6) is 0 Å². The van der Waals surface area contributed by atoms with Gasteiger partial charge in [-0.3, -0.25) is 4.79 Å². The quantitative estimate of drug-likeness (QED) is 0.773. The molecule has 0 saturated carbocycles. The molecule has 2 rings (SSSR count). The zero-order valence-corrected chi connectivity index (χ0v) is 10.3. The van der Waals surface area contributed by atoms with Gasteiger partial charge < -0.3 is 0 Å². The molecule has 0 unspecified atom stereocenters. The Kier molecular flexibility index (Phi) is 2.74. The molecule has 90 valence electrons. The third-order valence-electron chi connectivity index (χ3n) is 2.55. The van der Waals surface area contributed by atoms with Crippen LogP contribution in [0, 0.1) is 0 Å². The van der Waals surface area contributed by atoms with Crippen molar-refractivity contribution < 1.29 is 13.2 Å². The Hall–Kier alpha value is -1.69. The van der Waals surface area contributed by atoms with Crippen molar-refractivity contribution in [2.24, 2.45) is 0 Å². The molecule has 2 heterocycles. The number of pyridine rings is 1. The summed E-state index contributed by atoms with van der Waals surface area (Å²) in [7, 11) is -3.54. The standard InChI is InChI=1S/C11H12N2O3S/c1-8(2)17(15,16)11-9(7-14)10-5-3-4-6-13(10)12-11/h3-8H,1-2H3. The van der Waals surface area contributed by atoms with Gasteiger partial charge >= 0.3 is 0 Å². The molecule has 17 heavy (non-hydrogen) atoms.